The minimum Gasteiger partial charge on any atom is -0.392 e. The van der Waals surface area contributed by atoms with Gasteiger partial charge < -0.3 is 10.0 Å². The Morgan fingerprint density at radius 2 is 1.85 bits per heavy atom. The molecule has 1 saturated carbocycles. The van der Waals surface area contributed by atoms with Crippen LogP contribution in [0, 0.1) is 12.8 Å². The van der Waals surface area contributed by atoms with Crippen LogP contribution in [0.5, 0.6) is 0 Å². The van der Waals surface area contributed by atoms with Crippen LogP contribution in [0.4, 0.5) is 0 Å². The number of rotatable bonds is 8. The molecular weight excluding hydrogens is 576 g/mol. The molecule has 1 aromatic carbocycles. The number of aryl methyl sites for hydroxylation is 1. The highest BCUT2D eigenvalue weighted by Crippen LogP contribution is 2.48. The van der Waals surface area contributed by atoms with E-state index in [9.17, 15) is 19.5 Å². The first-order valence-electron chi connectivity index (χ1n) is 13.1. The summed E-state index contributed by atoms with van der Waals surface area (Å²) in [7, 11) is 0. The zero-order valence-corrected chi connectivity index (χ0v) is 23.6. The fraction of sp³-hybridized carbons (Fsp3) is 0.345. The second-order valence-corrected chi connectivity index (χ2v) is 11.3. The van der Waals surface area contributed by atoms with Crippen molar-refractivity contribution in [3.63, 3.8) is 0 Å². The smallest absolute Gasteiger partial charge is 0.245 e. The number of piperidine rings is 1. The summed E-state index contributed by atoms with van der Waals surface area (Å²) >= 11 is 3.33. The third-order valence-corrected chi connectivity index (χ3v) is 8.24. The molecule has 1 aliphatic carbocycles. The molecule has 4 heterocycles. The lowest BCUT2D eigenvalue weighted by Crippen LogP contribution is -2.45. The number of benzene rings is 1. The molecule has 1 amide bonds. The first kappa shape index (κ1) is 26.4. The Kier molecular flexibility index (Phi) is 6.79. The molecule has 1 saturated heterocycles. The summed E-state index contributed by atoms with van der Waals surface area (Å²) in [6.45, 7) is 2.97. The average molecular weight is 603 g/mol. The summed E-state index contributed by atoms with van der Waals surface area (Å²) in [6.07, 6.45) is 5.00. The molecule has 2 fully saturated rings. The van der Waals surface area contributed by atoms with Gasteiger partial charge in [0, 0.05) is 36.3 Å². The highest BCUT2D eigenvalue weighted by Gasteiger charge is 2.55. The fourth-order valence-corrected chi connectivity index (χ4v) is 6.02. The van der Waals surface area contributed by atoms with E-state index in [2.05, 4.69) is 36.0 Å². The van der Waals surface area contributed by atoms with Gasteiger partial charge in [-0.15, -0.1) is 0 Å². The number of aliphatic hydroxyl groups is 1. The zero-order valence-electron chi connectivity index (χ0n) is 22.0. The Hall–Kier alpha value is -3.83. The number of aliphatic hydroxyl groups excluding tert-OH is 1. The lowest BCUT2D eigenvalue weighted by Gasteiger charge is -2.27. The maximum absolute atomic E-state index is 13.7. The van der Waals surface area contributed by atoms with Crippen molar-refractivity contribution >= 4 is 44.3 Å². The third kappa shape index (κ3) is 4.84. The molecule has 0 unspecified atom stereocenters. The molecule has 3 atom stereocenters. The lowest BCUT2D eigenvalue weighted by molar-refractivity contribution is -0.139. The number of Topliss-reactive ketones (excluding diaryl/α,β-unsaturated/α-hetero) is 2. The molecule has 0 radical (unpaired) electrons. The van der Waals surface area contributed by atoms with Crippen molar-refractivity contribution < 1.29 is 19.5 Å². The Bertz CT molecular complexity index is 1670. The number of halogens is 1. The van der Waals surface area contributed by atoms with Crippen molar-refractivity contribution in [2.45, 2.75) is 58.3 Å². The molecule has 2 aliphatic rings. The van der Waals surface area contributed by atoms with Crippen molar-refractivity contribution in [2.24, 2.45) is 5.92 Å². The second-order valence-electron chi connectivity index (χ2n) is 10.5. The molecule has 1 N–H and O–H groups in total. The molecule has 4 aromatic rings. The van der Waals surface area contributed by atoms with E-state index in [0.29, 0.717) is 44.9 Å². The number of likely N-dealkylation sites (tertiary alicyclic amines) is 1. The Balaban J connectivity index is 1.27. The lowest BCUT2D eigenvalue weighted by atomic mass is 10.0. The fourth-order valence-electron chi connectivity index (χ4n) is 5.68. The summed E-state index contributed by atoms with van der Waals surface area (Å²) in [5.74, 6) is 0.473. The maximum Gasteiger partial charge on any atom is 0.245 e. The molecule has 1 aliphatic heterocycles. The van der Waals surface area contributed by atoms with Crippen molar-refractivity contribution in [2.75, 3.05) is 0 Å². The number of fused-ring (bicyclic) bond motifs is 2. The van der Waals surface area contributed by atoms with Gasteiger partial charge in [0.1, 0.15) is 22.7 Å². The topological polar surface area (TPSA) is 131 Å². The van der Waals surface area contributed by atoms with Gasteiger partial charge in [0.2, 0.25) is 5.91 Å². The quantitative estimate of drug-likeness (QED) is 0.240. The molecule has 40 heavy (non-hydrogen) atoms. The molecule has 6 rings (SSSR count). The van der Waals surface area contributed by atoms with E-state index in [1.165, 1.54) is 6.92 Å². The maximum atomic E-state index is 13.7. The number of carbonyl (C=O) groups excluding carboxylic acids is 3. The predicted molar refractivity (Wildman–Crippen MR) is 149 cm³/mol. The van der Waals surface area contributed by atoms with Crippen LogP contribution in [-0.2, 0) is 29.2 Å². The van der Waals surface area contributed by atoms with Crippen LogP contribution in [0.25, 0.3) is 22.0 Å². The molecule has 0 spiro atoms. The van der Waals surface area contributed by atoms with Crippen LogP contribution in [0.2, 0.25) is 0 Å². The van der Waals surface area contributed by atoms with E-state index in [0.717, 1.165) is 17.5 Å². The van der Waals surface area contributed by atoms with Gasteiger partial charge in [-0.25, -0.2) is 15.0 Å². The minimum atomic E-state index is -0.550. The Morgan fingerprint density at radius 1 is 1.07 bits per heavy atom. The van der Waals surface area contributed by atoms with E-state index < -0.39 is 6.04 Å². The molecule has 10 nitrogen and oxygen atoms in total. The second kappa shape index (κ2) is 10.3. The number of amides is 1. The van der Waals surface area contributed by atoms with Crippen LogP contribution >= 0.6 is 15.9 Å². The first-order chi connectivity index (χ1) is 19.2. The molecule has 11 heteroatoms. The average Bonchev–Trinajstić information content (AvgIpc) is 3.44. The van der Waals surface area contributed by atoms with Gasteiger partial charge in [-0.05, 0) is 70.9 Å². The number of aromatic nitrogens is 5. The molecular formula is C29H27BrN6O4. The van der Waals surface area contributed by atoms with Gasteiger partial charge in [0.25, 0.3) is 0 Å². The predicted octanol–water partition coefficient (Wildman–Crippen LogP) is 3.46. The number of pyridine rings is 1. The van der Waals surface area contributed by atoms with E-state index in [-0.39, 0.29) is 48.8 Å². The SMILES string of the molecule is CC(=O)c1nn(CC(=O)N2[C@@H]3C[C@@H]3C[C@H]2C(=O)Cc2nc(Br)ccc2CO)c2ccc(-c3cnc(C)nc3)cc12. The standard InChI is InChI=1S/C29H27BrN6O4/c1-15(38)29-21-7-17(20-11-31-16(2)32-12-20)3-5-23(21)35(34-29)13-28(40)36-24-8-19(24)9-25(36)26(39)10-22-18(14-37)4-6-27(30)33-22/h3-7,11-12,19,24-25,37H,8-10,13-14H2,1-2H3/t19-,24-,25+/m1/s1. The van der Waals surface area contributed by atoms with E-state index in [4.69, 9.17) is 0 Å². The van der Waals surface area contributed by atoms with Gasteiger partial charge in [0.05, 0.1) is 30.3 Å². The van der Waals surface area contributed by atoms with Crippen LogP contribution < -0.4 is 0 Å². The van der Waals surface area contributed by atoms with Gasteiger partial charge in [0.15, 0.2) is 11.6 Å². The number of hydrogen-bond acceptors (Lipinski definition) is 8. The van der Waals surface area contributed by atoms with Gasteiger partial charge >= 0.3 is 0 Å². The highest BCUT2D eigenvalue weighted by molar-refractivity contribution is 9.10. The summed E-state index contributed by atoms with van der Waals surface area (Å²) in [6, 6.07) is 8.56. The van der Waals surface area contributed by atoms with Crippen LogP contribution in [0.1, 0.15) is 47.3 Å². The summed E-state index contributed by atoms with van der Waals surface area (Å²) in [5.41, 5.74) is 3.70. The third-order valence-electron chi connectivity index (χ3n) is 7.79. The van der Waals surface area contributed by atoms with Crippen LogP contribution in [-0.4, -0.2) is 64.3 Å². The summed E-state index contributed by atoms with van der Waals surface area (Å²) in [4.78, 5) is 54.2. The van der Waals surface area contributed by atoms with E-state index in [1.54, 1.807) is 34.1 Å². The summed E-state index contributed by atoms with van der Waals surface area (Å²) in [5, 5.41) is 14.9. The molecule has 204 valence electrons. The summed E-state index contributed by atoms with van der Waals surface area (Å²) < 4.78 is 2.14. The van der Waals surface area contributed by atoms with Crippen LogP contribution in [0.15, 0.2) is 47.3 Å². The number of ketones is 2. The van der Waals surface area contributed by atoms with Crippen molar-refractivity contribution in [3.8, 4) is 11.1 Å². The van der Waals surface area contributed by atoms with E-state index >= 15 is 0 Å². The number of hydrogen-bond donors (Lipinski definition) is 1. The Morgan fingerprint density at radius 3 is 2.58 bits per heavy atom. The van der Waals surface area contributed by atoms with Crippen LogP contribution in [0.3, 0.4) is 0 Å². The van der Waals surface area contributed by atoms with Gasteiger partial charge in [-0.1, -0.05) is 12.1 Å². The van der Waals surface area contributed by atoms with E-state index in [1.807, 2.05) is 25.1 Å². The molecule has 0 bridgehead atoms. The number of nitrogens with zero attached hydrogens (tertiary/aromatic N) is 6. The number of carbonyl (C=O) groups is 3. The monoisotopic (exact) mass is 602 g/mol. The first-order valence-corrected chi connectivity index (χ1v) is 13.9. The van der Waals surface area contributed by atoms with Crippen molar-refractivity contribution in [1.29, 1.82) is 0 Å². The highest BCUT2D eigenvalue weighted by atomic mass is 79.9. The Labute approximate surface area is 238 Å². The minimum absolute atomic E-state index is 0.0356. The molecule has 3 aromatic heterocycles. The van der Waals surface area contributed by atoms with Crippen molar-refractivity contribution in [3.05, 3.63) is 70.1 Å². The van der Waals surface area contributed by atoms with Crippen molar-refractivity contribution in [1.82, 2.24) is 29.6 Å². The normalized spacial score (nSPS) is 19.6. The largest absolute Gasteiger partial charge is 0.392 e. The van der Waals surface area contributed by atoms with Gasteiger partial charge in [-0.2, -0.15) is 5.10 Å². The van der Waals surface area contributed by atoms with Gasteiger partial charge in [-0.3, -0.25) is 19.1 Å². The zero-order chi connectivity index (χ0) is 28.1.